The topological polar surface area (TPSA) is 38.3 Å². The highest BCUT2D eigenvalue weighted by Gasteiger charge is 2.27. The van der Waals surface area contributed by atoms with Gasteiger partial charge in [0.25, 0.3) is 0 Å². The van der Waals surface area contributed by atoms with E-state index in [2.05, 4.69) is 43.4 Å². The van der Waals surface area contributed by atoms with Crippen molar-refractivity contribution in [2.75, 3.05) is 12.4 Å². The molecule has 2 rings (SSSR count). The van der Waals surface area contributed by atoms with Crippen molar-refractivity contribution in [2.45, 2.75) is 51.5 Å². The summed E-state index contributed by atoms with van der Waals surface area (Å²) in [6.07, 6.45) is 3.92. The maximum atomic E-state index is 11.5. The number of ether oxygens (including phenoxy) is 1. The number of para-hydroxylation sites is 1. The maximum absolute atomic E-state index is 11.5. The van der Waals surface area contributed by atoms with Crippen LogP contribution < -0.4 is 5.32 Å². The zero-order chi connectivity index (χ0) is 14.5. The van der Waals surface area contributed by atoms with Gasteiger partial charge in [-0.3, -0.25) is 4.79 Å². The van der Waals surface area contributed by atoms with Crippen molar-refractivity contribution in [3.05, 3.63) is 29.8 Å². The molecule has 1 aromatic carbocycles. The minimum Gasteiger partial charge on any atom is -0.469 e. The lowest BCUT2D eigenvalue weighted by atomic mass is 9.85. The van der Waals surface area contributed by atoms with Crippen LogP contribution >= 0.6 is 0 Å². The van der Waals surface area contributed by atoms with Gasteiger partial charge in [0.15, 0.2) is 0 Å². The number of rotatable bonds is 4. The molecule has 20 heavy (non-hydrogen) atoms. The second kappa shape index (κ2) is 6.78. The molecule has 0 spiro atoms. The van der Waals surface area contributed by atoms with Gasteiger partial charge in [-0.15, -0.1) is 0 Å². The van der Waals surface area contributed by atoms with Crippen LogP contribution in [0.4, 0.5) is 5.69 Å². The van der Waals surface area contributed by atoms with E-state index in [1.165, 1.54) is 18.4 Å². The number of methoxy groups -OCH3 is 1. The summed E-state index contributed by atoms with van der Waals surface area (Å²) in [6.45, 7) is 4.43. The lowest BCUT2D eigenvalue weighted by Crippen LogP contribution is -2.30. The fourth-order valence-electron chi connectivity index (χ4n) is 2.99. The molecule has 3 heteroatoms. The molecule has 0 aliphatic heterocycles. The van der Waals surface area contributed by atoms with Gasteiger partial charge in [-0.05, 0) is 43.2 Å². The summed E-state index contributed by atoms with van der Waals surface area (Å²) < 4.78 is 4.83. The first kappa shape index (κ1) is 14.9. The Morgan fingerprint density at radius 3 is 2.45 bits per heavy atom. The van der Waals surface area contributed by atoms with Gasteiger partial charge >= 0.3 is 5.97 Å². The molecule has 110 valence electrons. The van der Waals surface area contributed by atoms with Crippen LogP contribution in [0.5, 0.6) is 0 Å². The standard InChI is InChI=1S/C17H25NO2/c1-12(2)15-6-4-5-7-16(15)18-14-10-8-13(9-11-14)17(19)20-3/h4-7,12-14,18H,8-11H2,1-3H3. The van der Waals surface area contributed by atoms with Crippen molar-refractivity contribution in [2.24, 2.45) is 5.92 Å². The van der Waals surface area contributed by atoms with Gasteiger partial charge in [-0.2, -0.15) is 0 Å². The molecule has 0 unspecified atom stereocenters. The van der Waals surface area contributed by atoms with Crippen LogP contribution in [0.15, 0.2) is 24.3 Å². The summed E-state index contributed by atoms with van der Waals surface area (Å²) in [5, 5.41) is 3.66. The highest BCUT2D eigenvalue weighted by Crippen LogP contribution is 2.30. The second-order valence-corrected chi connectivity index (χ2v) is 5.96. The fourth-order valence-corrected chi connectivity index (χ4v) is 2.99. The van der Waals surface area contributed by atoms with Gasteiger partial charge in [0.1, 0.15) is 0 Å². The Balaban J connectivity index is 1.94. The van der Waals surface area contributed by atoms with Crippen LogP contribution in [0.3, 0.4) is 0 Å². The third-order valence-electron chi connectivity index (χ3n) is 4.20. The van der Waals surface area contributed by atoms with Crippen molar-refractivity contribution in [1.29, 1.82) is 0 Å². The molecule has 0 radical (unpaired) electrons. The lowest BCUT2D eigenvalue weighted by Gasteiger charge is -2.29. The van der Waals surface area contributed by atoms with Gasteiger partial charge in [-0.25, -0.2) is 0 Å². The Labute approximate surface area is 121 Å². The third-order valence-corrected chi connectivity index (χ3v) is 4.20. The van der Waals surface area contributed by atoms with E-state index >= 15 is 0 Å². The van der Waals surface area contributed by atoms with Gasteiger partial charge < -0.3 is 10.1 Å². The molecule has 0 atom stereocenters. The molecule has 3 nitrogen and oxygen atoms in total. The Hall–Kier alpha value is -1.51. The van der Waals surface area contributed by atoms with E-state index in [-0.39, 0.29) is 11.9 Å². The molecule has 1 saturated carbocycles. The summed E-state index contributed by atoms with van der Waals surface area (Å²) in [7, 11) is 1.48. The Kier molecular flexibility index (Phi) is 5.05. The average Bonchev–Trinajstić information content (AvgIpc) is 2.47. The monoisotopic (exact) mass is 275 g/mol. The van der Waals surface area contributed by atoms with Crippen molar-refractivity contribution in [1.82, 2.24) is 0 Å². The van der Waals surface area contributed by atoms with E-state index in [0.717, 1.165) is 25.7 Å². The van der Waals surface area contributed by atoms with Crippen LogP contribution in [0.2, 0.25) is 0 Å². The zero-order valence-corrected chi connectivity index (χ0v) is 12.7. The molecule has 1 aromatic rings. The Morgan fingerprint density at radius 1 is 1.20 bits per heavy atom. The van der Waals surface area contributed by atoms with Crippen LogP contribution in [0, 0.1) is 5.92 Å². The van der Waals surface area contributed by atoms with Crippen molar-refractivity contribution >= 4 is 11.7 Å². The third kappa shape index (κ3) is 3.53. The number of carbonyl (C=O) groups is 1. The number of nitrogens with one attached hydrogen (secondary N) is 1. The molecular weight excluding hydrogens is 250 g/mol. The highest BCUT2D eigenvalue weighted by molar-refractivity contribution is 5.72. The summed E-state index contributed by atoms with van der Waals surface area (Å²) in [5.74, 6) is 0.564. The van der Waals surface area contributed by atoms with E-state index in [4.69, 9.17) is 4.74 Å². The summed E-state index contributed by atoms with van der Waals surface area (Å²) in [4.78, 5) is 11.5. The van der Waals surface area contributed by atoms with E-state index in [0.29, 0.717) is 12.0 Å². The molecule has 1 fully saturated rings. The number of carbonyl (C=O) groups excluding carboxylic acids is 1. The molecule has 1 aliphatic carbocycles. The predicted octanol–water partition coefficient (Wildman–Crippen LogP) is 3.95. The minimum atomic E-state index is -0.0500. The van der Waals surface area contributed by atoms with Gasteiger partial charge in [-0.1, -0.05) is 32.0 Å². The predicted molar refractivity (Wildman–Crippen MR) is 81.9 cm³/mol. The van der Waals surface area contributed by atoms with Crippen LogP contribution in [-0.2, 0) is 9.53 Å². The number of anilines is 1. The second-order valence-electron chi connectivity index (χ2n) is 5.96. The first-order valence-electron chi connectivity index (χ1n) is 7.55. The van der Waals surface area contributed by atoms with E-state index < -0.39 is 0 Å². The van der Waals surface area contributed by atoms with Crippen molar-refractivity contribution in [3.8, 4) is 0 Å². The average molecular weight is 275 g/mol. The Morgan fingerprint density at radius 2 is 1.85 bits per heavy atom. The number of benzene rings is 1. The summed E-state index contributed by atoms with van der Waals surface area (Å²) in [6, 6.07) is 8.98. The minimum absolute atomic E-state index is 0.0500. The smallest absolute Gasteiger partial charge is 0.308 e. The molecule has 0 amide bonds. The fraction of sp³-hybridized carbons (Fsp3) is 0.588. The van der Waals surface area contributed by atoms with E-state index in [1.807, 2.05) is 0 Å². The number of hydrogen-bond acceptors (Lipinski definition) is 3. The molecule has 0 saturated heterocycles. The quantitative estimate of drug-likeness (QED) is 0.845. The van der Waals surface area contributed by atoms with Gasteiger partial charge in [0.05, 0.1) is 13.0 Å². The van der Waals surface area contributed by atoms with Crippen LogP contribution in [-0.4, -0.2) is 19.1 Å². The molecule has 0 heterocycles. The molecule has 1 N–H and O–H groups in total. The summed E-state index contributed by atoms with van der Waals surface area (Å²) >= 11 is 0. The van der Waals surface area contributed by atoms with Gasteiger partial charge in [0, 0.05) is 11.7 Å². The van der Waals surface area contributed by atoms with Gasteiger partial charge in [0.2, 0.25) is 0 Å². The largest absolute Gasteiger partial charge is 0.469 e. The Bertz CT molecular complexity index is 448. The number of hydrogen-bond donors (Lipinski definition) is 1. The molecule has 0 aromatic heterocycles. The van der Waals surface area contributed by atoms with Crippen LogP contribution in [0.25, 0.3) is 0 Å². The van der Waals surface area contributed by atoms with E-state index in [1.54, 1.807) is 0 Å². The lowest BCUT2D eigenvalue weighted by molar-refractivity contribution is -0.146. The first-order valence-corrected chi connectivity index (χ1v) is 7.55. The number of esters is 1. The highest BCUT2D eigenvalue weighted by atomic mass is 16.5. The summed E-state index contributed by atoms with van der Waals surface area (Å²) in [5.41, 5.74) is 2.60. The van der Waals surface area contributed by atoms with Crippen molar-refractivity contribution < 1.29 is 9.53 Å². The first-order chi connectivity index (χ1) is 9.61. The molecular formula is C17H25NO2. The van der Waals surface area contributed by atoms with Crippen LogP contribution in [0.1, 0.15) is 51.0 Å². The molecule has 1 aliphatic rings. The van der Waals surface area contributed by atoms with E-state index in [9.17, 15) is 4.79 Å². The SMILES string of the molecule is COC(=O)C1CCC(Nc2ccccc2C(C)C)CC1. The molecule has 0 bridgehead atoms. The van der Waals surface area contributed by atoms with Crippen molar-refractivity contribution in [3.63, 3.8) is 0 Å². The zero-order valence-electron chi connectivity index (χ0n) is 12.7. The maximum Gasteiger partial charge on any atom is 0.308 e. The normalized spacial score (nSPS) is 22.6.